The molecule has 1 aliphatic rings. The minimum Gasteiger partial charge on any atom is -0.497 e. The number of carbonyl (C=O) groups is 1. The molecule has 0 amide bonds. The number of benzene rings is 2. The zero-order valence-electron chi connectivity index (χ0n) is 19.0. The SMILES string of the molecule is COc1ccc(Cn2nnc(C(=O)O)c2OC2CCN(c3cc(Cl)ccc3OC(F)(F)F)CC2)cc1. The third-order valence-corrected chi connectivity index (χ3v) is 5.83. The fraction of sp³-hybridized carbons (Fsp3) is 0.348. The van der Waals surface area contributed by atoms with Crippen molar-refractivity contribution in [3.8, 4) is 17.4 Å². The maximum atomic E-state index is 12.8. The van der Waals surface area contributed by atoms with Gasteiger partial charge in [0.15, 0.2) is 5.75 Å². The number of hydrogen-bond acceptors (Lipinski definition) is 7. The molecular weight excluding hydrogens is 505 g/mol. The van der Waals surface area contributed by atoms with E-state index < -0.39 is 18.4 Å². The maximum Gasteiger partial charge on any atom is 0.573 e. The van der Waals surface area contributed by atoms with Gasteiger partial charge in [0.2, 0.25) is 11.6 Å². The molecule has 4 rings (SSSR count). The molecular formula is C23H22ClF3N4O5. The number of alkyl halides is 3. The molecule has 1 fully saturated rings. The second kappa shape index (κ2) is 10.5. The van der Waals surface area contributed by atoms with E-state index >= 15 is 0 Å². The quantitative estimate of drug-likeness (QED) is 0.453. The summed E-state index contributed by atoms with van der Waals surface area (Å²) >= 11 is 6.01. The number of carboxylic acid groups (broad SMARTS) is 1. The molecule has 2 heterocycles. The van der Waals surface area contributed by atoms with Crippen LogP contribution < -0.4 is 19.1 Å². The summed E-state index contributed by atoms with van der Waals surface area (Å²) in [6.07, 6.45) is -4.43. The first kappa shape index (κ1) is 25.4. The molecule has 0 spiro atoms. The summed E-state index contributed by atoms with van der Waals surface area (Å²) in [5, 5.41) is 17.5. The van der Waals surface area contributed by atoms with Crippen LogP contribution in [0.25, 0.3) is 0 Å². The number of anilines is 1. The van der Waals surface area contributed by atoms with E-state index in [0.717, 1.165) is 5.56 Å². The topological polar surface area (TPSA) is 98.9 Å². The van der Waals surface area contributed by atoms with Crippen molar-refractivity contribution in [3.05, 3.63) is 58.7 Å². The number of methoxy groups -OCH3 is 1. The van der Waals surface area contributed by atoms with Gasteiger partial charge in [-0.05, 0) is 35.9 Å². The van der Waals surface area contributed by atoms with E-state index in [9.17, 15) is 23.1 Å². The highest BCUT2D eigenvalue weighted by atomic mass is 35.5. The molecule has 0 saturated carbocycles. The maximum absolute atomic E-state index is 12.8. The first-order valence-electron chi connectivity index (χ1n) is 10.9. The highest BCUT2D eigenvalue weighted by Gasteiger charge is 2.34. The van der Waals surface area contributed by atoms with Gasteiger partial charge in [-0.2, -0.15) is 0 Å². The number of aromatic nitrogens is 3. The number of piperidine rings is 1. The van der Waals surface area contributed by atoms with E-state index in [0.29, 0.717) is 31.7 Å². The Morgan fingerprint density at radius 1 is 1.17 bits per heavy atom. The predicted octanol–water partition coefficient (Wildman–Crippen LogP) is 4.63. The van der Waals surface area contributed by atoms with Crippen molar-refractivity contribution in [2.24, 2.45) is 0 Å². The van der Waals surface area contributed by atoms with Gasteiger partial charge in [0, 0.05) is 31.0 Å². The van der Waals surface area contributed by atoms with E-state index in [1.54, 1.807) is 24.1 Å². The van der Waals surface area contributed by atoms with Crippen LogP contribution in [0.5, 0.6) is 17.4 Å². The minimum atomic E-state index is -4.84. The lowest BCUT2D eigenvalue weighted by atomic mass is 10.1. The van der Waals surface area contributed by atoms with Crippen LogP contribution >= 0.6 is 11.6 Å². The first-order valence-corrected chi connectivity index (χ1v) is 11.3. The minimum absolute atomic E-state index is 0.0145. The molecule has 1 N–H and O–H groups in total. The molecule has 1 aromatic heterocycles. The van der Waals surface area contributed by atoms with Crippen LogP contribution in [0.15, 0.2) is 42.5 Å². The first-order chi connectivity index (χ1) is 17.1. The van der Waals surface area contributed by atoms with Gasteiger partial charge in [0.1, 0.15) is 11.9 Å². The van der Waals surface area contributed by atoms with Crippen molar-refractivity contribution in [2.75, 3.05) is 25.1 Å². The number of carboxylic acids is 1. The molecule has 1 saturated heterocycles. The van der Waals surface area contributed by atoms with E-state index in [4.69, 9.17) is 21.1 Å². The molecule has 3 aromatic rings. The molecule has 0 bridgehead atoms. The number of nitrogens with zero attached hydrogens (tertiary/aromatic N) is 4. The van der Waals surface area contributed by atoms with E-state index in [1.807, 2.05) is 12.1 Å². The molecule has 0 unspecified atom stereocenters. The van der Waals surface area contributed by atoms with Crippen LogP contribution in [0.4, 0.5) is 18.9 Å². The van der Waals surface area contributed by atoms with Crippen molar-refractivity contribution in [1.82, 2.24) is 15.0 Å². The fourth-order valence-electron chi connectivity index (χ4n) is 3.88. The second-order valence-corrected chi connectivity index (χ2v) is 8.45. The van der Waals surface area contributed by atoms with E-state index in [-0.39, 0.29) is 34.6 Å². The van der Waals surface area contributed by atoms with Crippen molar-refractivity contribution < 1.29 is 37.3 Å². The highest BCUT2D eigenvalue weighted by Crippen LogP contribution is 2.37. The van der Waals surface area contributed by atoms with Crippen molar-refractivity contribution in [2.45, 2.75) is 31.9 Å². The van der Waals surface area contributed by atoms with Gasteiger partial charge in [0.25, 0.3) is 0 Å². The highest BCUT2D eigenvalue weighted by molar-refractivity contribution is 6.30. The average Bonchev–Trinajstić information content (AvgIpc) is 3.22. The summed E-state index contributed by atoms with van der Waals surface area (Å²) in [6, 6.07) is 11.1. The number of ether oxygens (including phenoxy) is 3. The van der Waals surface area contributed by atoms with Crippen LogP contribution in [0.3, 0.4) is 0 Å². The zero-order valence-corrected chi connectivity index (χ0v) is 19.8. The van der Waals surface area contributed by atoms with Crippen molar-refractivity contribution >= 4 is 23.3 Å². The Balaban J connectivity index is 1.47. The zero-order chi connectivity index (χ0) is 25.9. The van der Waals surface area contributed by atoms with E-state index in [1.165, 1.54) is 22.9 Å². The van der Waals surface area contributed by atoms with E-state index in [2.05, 4.69) is 15.0 Å². The fourth-order valence-corrected chi connectivity index (χ4v) is 4.05. The Labute approximate surface area is 208 Å². The monoisotopic (exact) mass is 526 g/mol. The Morgan fingerprint density at radius 2 is 1.86 bits per heavy atom. The molecule has 0 aliphatic carbocycles. The van der Waals surface area contributed by atoms with Crippen molar-refractivity contribution in [1.29, 1.82) is 0 Å². The van der Waals surface area contributed by atoms with Crippen LogP contribution in [0.2, 0.25) is 5.02 Å². The molecule has 1 aliphatic heterocycles. The third-order valence-electron chi connectivity index (χ3n) is 5.59. The number of hydrogen-bond donors (Lipinski definition) is 1. The molecule has 36 heavy (non-hydrogen) atoms. The Hall–Kier alpha value is -3.67. The molecule has 0 radical (unpaired) electrons. The van der Waals surface area contributed by atoms with Gasteiger partial charge in [-0.1, -0.05) is 28.9 Å². The lowest BCUT2D eigenvalue weighted by Crippen LogP contribution is -2.39. The summed E-state index contributed by atoms with van der Waals surface area (Å²) in [7, 11) is 1.55. The Bertz CT molecular complexity index is 1210. The number of halogens is 4. The lowest BCUT2D eigenvalue weighted by Gasteiger charge is -2.34. The molecule has 13 heteroatoms. The second-order valence-electron chi connectivity index (χ2n) is 8.02. The largest absolute Gasteiger partial charge is 0.573 e. The Morgan fingerprint density at radius 3 is 2.47 bits per heavy atom. The van der Waals surface area contributed by atoms with Crippen LogP contribution in [-0.2, 0) is 6.54 Å². The van der Waals surface area contributed by atoms with Gasteiger partial charge in [-0.25, -0.2) is 9.48 Å². The lowest BCUT2D eigenvalue weighted by molar-refractivity contribution is -0.274. The summed E-state index contributed by atoms with van der Waals surface area (Å²) in [6.45, 7) is 0.891. The Kier molecular flexibility index (Phi) is 7.43. The van der Waals surface area contributed by atoms with Crippen LogP contribution in [-0.4, -0.2) is 58.7 Å². The average molecular weight is 527 g/mol. The number of aromatic carboxylic acids is 1. The summed E-state index contributed by atoms with van der Waals surface area (Å²) in [4.78, 5) is 13.4. The van der Waals surface area contributed by atoms with Crippen molar-refractivity contribution in [3.63, 3.8) is 0 Å². The molecule has 192 valence electrons. The van der Waals surface area contributed by atoms with Gasteiger partial charge in [-0.3, -0.25) is 0 Å². The van der Waals surface area contributed by atoms with Gasteiger partial charge >= 0.3 is 12.3 Å². The smallest absolute Gasteiger partial charge is 0.497 e. The van der Waals surface area contributed by atoms with Gasteiger partial charge in [0.05, 0.1) is 19.3 Å². The number of rotatable bonds is 8. The molecule has 9 nitrogen and oxygen atoms in total. The third kappa shape index (κ3) is 6.11. The predicted molar refractivity (Wildman–Crippen MR) is 123 cm³/mol. The summed E-state index contributed by atoms with van der Waals surface area (Å²) in [5.41, 5.74) is 0.729. The molecule has 0 atom stereocenters. The van der Waals surface area contributed by atoms with Gasteiger partial charge in [-0.15, -0.1) is 18.3 Å². The summed E-state index contributed by atoms with van der Waals surface area (Å²) in [5.74, 6) is -0.937. The standard InChI is InChI=1S/C23H22ClF3N4O5/c1-34-16-5-2-14(3-6-16)13-31-21(20(22(32)33)28-29-31)35-17-8-10-30(11-9-17)18-12-15(24)4-7-19(18)36-23(25,26)27/h2-7,12,17H,8-11,13H2,1H3,(H,32,33). The van der Waals surface area contributed by atoms with Crippen LogP contribution in [0, 0.1) is 0 Å². The summed E-state index contributed by atoms with van der Waals surface area (Å²) < 4.78 is 55.2. The molecule has 2 aromatic carbocycles. The van der Waals surface area contributed by atoms with Gasteiger partial charge < -0.3 is 24.2 Å². The normalized spacial score (nSPS) is 14.5. The van der Waals surface area contributed by atoms with Crippen LogP contribution in [0.1, 0.15) is 28.9 Å².